The normalized spacial score (nSPS) is 24.9. The molecule has 3 heterocycles. The minimum atomic E-state index is -3.18. The Labute approximate surface area is 176 Å². The second-order valence-corrected chi connectivity index (χ2v) is 9.99. The van der Waals surface area contributed by atoms with Crippen LogP contribution >= 0.6 is 12.4 Å². The lowest BCUT2D eigenvalue weighted by Crippen LogP contribution is -2.35. The monoisotopic (exact) mass is 440 g/mol. The van der Waals surface area contributed by atoms with Crippen molar-refractivity contribution in [2.75, 3.05) is 18.8 Å². The van der Waals surface area contributed by atoms with Crippen LogP contribution in [0.5, 0.6) is 0 Å². The van der Waals surface area contributed by atoms with E-state index in [9.17, 15) is 13.2 Å². The molecule has 0 bridgehead atoms. The molecular formula is C19H25ClN4O4S. The maximum atomic E-state index is 12.5. The molecule has 8 nitrogen and oxygen atoms in total. The third kappa shape index (κ3) is 4.46. The molecule has 0 aliphatic carbocycles. The van der Waals surface area contributed by atoms with Crippen molar-refractivity contribution in [2.45, 2.75) is 37.5 Å². The number of carbonyl (C=O) groups is 1. The number of rotatable bonds is 5. The van der Waals surface area contributed by atoms with E-state index < -0.39 is 15.1 Å². The molecule has 1 amide bonds. The second-order valence-electron chi connectivity index (χ2n) is 7.73. The minimum absolute atomic E-state index is 0. The van der Waals surface area contributed by atoms with Gasteiger partial charge in [0.05, 0.1) is 11.0 Å². The van der Waals surface area contributed by atoms with Gasteiger partial charge in [0.25, 0.3) is 0 Å². The van der Waals surface area contributed by atoms with E-state index in [4.69, 9.17) is 10.3 Å². The highest BCUT2D eigenvalue weighted by molar-refractivity contribution is 7.92. The highest BCUT2D eigenvalue weighted by atomic mass is 35.5. The van der Waals surface area contributed by atoms with Crippen LogP contribution in [-0.4, -0.2) is 59.5 Å². The van der Waals surface area contributed by atoms with Gasteiger partial charge in [-0.2, -0.15) is 4.98 Å². The van der Waals surface area contributed by atoms with Gasteiger partial charge in [0.15, 0.2) is 9.84 Å². The first-order valence-corrected chi connectivity index (χ1v) is 11.2. The molecule has 29 heavy (non-hydrogen) atoms. The predicted octanol–water partition coefficient (Wildman–Crippen LogP) is 1.37. The molecule has 1 aromatic heterocycles. The highest BCUT2D eigenvalue weighted by Crippen LogP contribution is 2.33. The number of hydrogen-bond donors (Lipinski definition) is 1. The molecule has 2 aliphatic heterocycles. The minimum Gasteiger partial charge on any atom is -0.341 e. The third-order valence-corrected chi connectivity index (χ3v) is 7.89. The van der Waals surface area contributed by atoms with Crippen LogP contribution in [0.25, 0.3) is 11.4 Å². The number of sulfone groups is 1. The second kappa shape index (κ2) is 8.41. The van der Waals surface area contributed by atoms with E-state index in [1.807, 2.05) is 31.2 Å². The number of likely N-dealkylation sites (tertiary alicyclic amines) is 1. The van der Waals surface area contributed by atoms with Gasteiger partial charge in [-0.1, -0.05) is 28.9 Å². The van der Waals surface area contributed by atoms with Gasteiger partial charge in [0.2, 0.25) is 17.6 Å². The SMILES string of the molecule is Cc1cccc(-c2noc(CCCC(=O)N3C[C@H]4[C@H](N)CS(=O)(=O)[C@H]4C3)n2)c1.Cl. The summed E-state index contributed by atoms with van der Waals surface area (Å²) >= 11 is 0. The van der Waals surface area contributed by atoms with E-state index in [-0.39, 0.29) is 42.6 Å². The first kappa shape index (κ1) is 21.7. The zero-order valence-electron chi connectivity index (χ0n) is 16.2. The number of amides is 1. The Kier molecular flexibility index (Phi) is 6.30. The van der Waals surface area contributed by atoms with E-state index in [0.717, 1.165) is 11.1 Å². The Morgan fingerprint density at radius 1 is 1.34 bits per heavy atom. The molecular weight excluding hydrogens is 416 g/mol. The van der Waals surface area contributed by atoms with Crippen LogP contribution < -0.4 is 5.73 Å². The lowest BCUT2D eigenvalue weighted by Gasteiger charge is -2.18. The Bertz CT molecular complexity index is 994. The van der Waals surface area contributed by atoms with Crippen molar-refractivity contribution in [2.24, 2.45) is 11.7 Å². The van der Waals surface area contributed by atoms with Crippen molar-refractivity contribution in [3.63, 3.8) is 0 Å². The van der Waals surface area contributed by atoms with Crippen molar-refractivity contribution >= 4 is 28.2 Å². The number of carbonyl (C=O) groups excluding carboxylic acids is 1. The summed E-state index contributed by atoms with van der Waals surface area (Å²) in [6.07, 6.45) is 1.39. The van der Waals surface area contributed by atoms with Crippen molar-refractivity contribution in [1.82, 2.24) is 15.0 Å². The summed E-state index contributed by atoms with van der Waals surface area (Å²) in [7, 11) is -3.18. The number of hydrogen-bond acceptors (Lipinski definition) is 7. The number of benzene rings is 1. The van der Waals surface area contributed by atoms with E-state index >= 15 is 0 Å². The maximum Gasteiger partial charge on any atom is 0.226 e. The Balaban J connectivity index is 0.00000240. The highest BCUT2D eigenvalue weighted by Gasteiger charge is 2.51. The average Bonchev–Trinajstić information content (AvgIpc) is 3.33. The van der Waals surface area contributed by atoms with Crippen molar-refractivity contribution in [3.8, 4) is 11.4 Å². The van der Waals surface area contributed by atoms with E-state index in [1.54, 1.807) is 4.90 Å². The maximum absolute atomic E-state index is 12.5. The summed E-state index contributed by atoms with van der Waals surface area (Å²) < 4.78 is 29.5. The Morgan fingerprint density at radius 2 is 2.14 bits per heavy atom. The number of aromatic nitrogens is 2. The molecule has 2 fully saturated rings. The molecule has 2 N–H and O–H groups in total. The van der Waals surface area contributed by atoms with Gasteiger partial charge in [-0.15, -0.1) is 12.4 Å². The molecule has 158 valence electrons. The molecule has 0 saturated carbocycles. The summed E-state index contributed by atoms with van der Waals surface area (Å²) in [6.45, 7) is 2.69. The Morgan fingerprint density at radius 3 is 2.86 bits per heavy atom. The molecule has 0 spiro atoms. The van der Waals surface area contributed by atoms with Gasteiger partial charge in [-0.3, -0.25) is 4.79 Å². The summed E-state index contributed by atoms with van der Waals surface area (Å²) in [5.41, 5.74) is 7.96. The van der Waals surface area contributed by atoms with Crippen molar-refractivity contribution in [3.05, 3.63) is 35.7 Å². The van der Waals surface area contributed by atoms with E-state index in [0.29, 0.717) is 37.5 Å². The van der Waals surface area contributed by atoms with Gasteiger partial charge >= 0.3 is 0 Å². The van der Waals surface area contributed by atoms with E-state index in [1.165, 1.54) is 0 Å². The number of fused-ring (bicyclic) bond motifs is 1. The standard InChI is InChI=1S/C19H24N4O4S.ClH/c1-12-4-2-5-13(8-12)19-21-17(27-22-19)6-3-7-18(24)23-9-14-15(20)11-28(25,26)16(14)10-23;/h2,4-5,8,14-16H,3,6-7,9-11,20H2,1H3;1H/t14-,15+,16-;/m0./s1. The van der Waals surface area contributed by atoms with Crippen molar-refractivity contribution < 1.29 is 17.7 Å². The molecule has 0 unspecified atom stereocenters. The smallest absolute Gasteiger partial charge is 0.226 e. The van der Waals surface area contributed by atoms with Gasteiger partial charge in [0.1, 0.15) is 0 Å². The molecule has 3 atom stereocenters. The quantitative estimate of drug-likeness (QED) is 0.745. The molecule has 0 radical (unpaired) electrons. The molecule has 1 aromatic carbocycles. The van der Waals surface area contributed by atoms with Crippen LogP contribution in [0.2, 0.25) is 0 Å². The third-order valence-electron chi connectivity index (χ3n) is 5.62. The van der Waals surface area contributed by atoms with E-state index in [2.05, 4.69) is 10.1 Å². The molecule has 2 aliphatic rings. The molecule has 2 aromatic rings. The fourth-order valence-electron chi connectivity index (χ4n) is 4.12. The number of halogens is 1. The number of nitrogens with zero attached hydrogens (tertiary/aromatic N) is 3. The summed E-state index contributed by atoms with van der Waals surface area (Å²) in [5.74, 6) is 0.880. The van der Waals surface area contributed by atoms with Crippen molar-refractivity contribution in [1.29, 1.82) is 0 Å². The zero-order chi connectivity index (χ0) is 19.9. The van der Waals surface area contributed by atoms with Gasteiger partial charge in [0, 0.05) is 43.5 Å². The molecule has 2 saturated heterocycles. The fourth-order valence-corrected chi connectivity index (χ4v) is 6.37. The van der Waals surface area contributed by atoms with Crippen LogP contribution in [0.4, 0.5) is 0 Å². The van der Waals surface area contributed by atoms with Crippen LogP contribution in [0.15, 0.2) is 28.8 Å². The number of nitrogens with two attached hydrogens (primary N) is 1. The van der Waals surface area contributed by atoms with Gasteiger partial charge in [-0.25, -0.2) is 8.42 Å². The first-order chi connectivity index (χ1) is 13.3. The summed E-state index contributed by atoms with van der Waals surface area (Å²) in [4.78, 5) is 18.5. The fraction of sp³-hybridized carbons (Fsp3) is 0.526. The number of aryl methyl sites for hydroxylation is 2. The lowest BCUT2D eigenvalue weighted by molar-refractivity contribution is -0.130. The van der Waals surface area contributed by atoms with Crippen LogP contribution in [0, 0.1) is 12.8 Å². The zero-order valence-corrected chi connectivity index (χ0v) is 17.8. The van der Waals surface area contributed by atoms with Crippen LogP contribution in [0.1, 0.15) is 24.3 Å². The molecule has 10 heteroatoms. The predicted molar refractivity (Wildman–Crippen MR) is 110 cm³/mol. The first-order valence-electron chi connectivity index (χ1n) is 9.48. The van der Waals surface area contributed by atoms with Crippen LogP contribution in [-0.2, 0) is 21.1 Å². The summed E-state index contributed by atoms with van der Waals surface area (Å²) in [5, 5.41) is 3.50. The lowest BCUT2D eigenvalue weighted by atomic mass is 10.0. The topological polar surface area (TPSA) is 119 Å². The molecule has 4 rings (SSSR count). The average molecular weight is 441 g/mol. The van der Waals surface area contributed by atoms with Crippen LogP contribution in [0.3, 0.4) is 0 Å². The largest absolute Gasteiger partial charge is 0.341 e. The summed E-state index contributed by atoms with van der Waals surface area (Å²) in [6, 6.07) is 7.48. The Hall–Kier alpha value is -1.97. The van der Waals surface area contributed by atoms with Gasteiger partial charge in [-0.05, 0) is 19.4 Å². The van der Waals surface area contributed by atoms with Gasteiger partial charge < -0.3 is 15.2 Å².